The van der Waals surface area contributed by atoms with Gasteiger partial charge in [0, 0.05) is 24.7 Å². The Morgan fingerprint density at radius 3 is 2.46 bits per heavy atom. The van der Waals surface area contributed by atoms with Gasteiger partial charge in [-0.3, -0.25) is 14.9 Å². The molecule has 3 aromatic rings. The van der Waals surface area contributed by atoms with Crippen LogP contribution in [0.15, 0.2) is 35.3 Å². The van der Waals surface area contributed by atoms with Crippen LogP contribution >= 0.6 is 23.2 Å². The first kappa shape index (κ1) is 17.1. The fourth-order valence-electron chi connectivity index (χ4n) is 3.23. The highest BCUT2D eigenvalue weighted by Gasteiger charge is 2.22. The maximum Gasteiger partial charge on any atom is 0.272 e. The van der Waals surface area contributed by atoms with Gasteiger partial charge in [-0.15, -0.1) is 0 Å². The van der Waals surface area contributed by atoms with Gasteiger partial charge in [0.1, 0.15) is 5.69 Å². The zero-order chi connectivity index (χ0) is 18.4. The maximum absolute atomic E-state index is 12.3. The van der Waals surface area contributed by atoms with E-state index in [9.17, 15) is 14.9 Å². The lowest BCUT2D eigenvalue weighted by Crippen LogP contribution is -2.26. The Morgan fingerprint density at radius 2 is 1.88 bits per heavy atom. The molecule has 2 heterocycles. The largest absolute Gasteiger partial charge is 0.305 e. The molecule has 1 aliphatic rings. The van der Waals surface area contributed by atoms with E-state index >= 15 is 0 Å². The molecule has 4 rings (SSSR count). The number of nitro benzene ring substituents is 1. The molecule has 2 aromatic heterocycles. The molecular formula is C17H14Cl2N4O3. The molecule has 134 valence electrons. The Bertz CT molecular complexity index is 1060. The van der Waals surface area contributed by atoms with Gasteiger partial charge in [-0.1, -0.05) is 29.6 Å². The van der Waals surface area contributed by atoms with E-state index in [1.165, 1.54) is 29.3 Å². The number of nitrogens with zero attached hydrogens (tertiary/aromatic N) is 4. The Balaban J connectivity index is 1.87. The summed E-state index contributed by atoms with van der Waals surface area (Å²) in [6, 6.07) is 5.63. The van der Waals surface area contributed by atoms with Crippen molar-refractivity contribution in [2.45, 2.75) is 25.8 Å². The van der Waals surface area contributed by atoms with E-state index in [1.54, 1.807) is 16.8 Å². The molecule has 0 atom stereocenters. The van der Waals surface area contributed by atoms with E-state index in [2.05, 4.69) is 5.10 Å². The molecule has 0 radical (unpaired) electrons. The van der Waals surface area contributed by atoms with Crippen LogP contribution in [0.2, 0.25) is 10.0 Å². The van der Waals surface area contributed by atoms with Gasteiger partial charge in [-0.25, -0.2) is 4.68 Å². The van der Waals surface area contributed by atoms with Gasteiger partial charge >= 0.3 is 0 Å². The molecule has 0 N–H and O–H groups in total. The Morgan fingerprint density at radius 1 is 1.19 bits per heavy atom. The summed E-state index contributed by atoms with van der Waals surface area (Å²) in [4.78, 5) is 22.7. The van der Waals surface area contributed by atoms with Gasteiger partial charge in [0.15, 0.2) is 0 Å². The lowest BCUT2D eigenvalue weighted by atomic mass is 9.85. The Hall–Kier alpha value is -2.38. The second-order valence-corrected chi connectivity index (χ2v) is 7.24. The van der Waals surface area contributed by atoms with Gasteiger partial charge in [0.2, 0.25) is 0 Å². The highest BCUT2D eigenvalue weighted by Crippen LogP contribution is 2.35. The molecule has 26 heavy (non-hydrogen) atoms. The second kappa shape index (κ2) is 6.41. The fourth-order valence-corrected chi connectivity index (χ4v) is 3.87. The molecule has 1 aromatic carbocycles. The van der Waals surface area contributed by atoms with Gasteiger partial charge < -0.3 is 4.57 Å². The molecule has 0 unspecified atom stereocenters. The van der Waals surface area contributed by atoms with E-state index < -0.39 is 4.92 Å². The molecule has 7 nitrogen and oxygen atoms in total. The van der Waals surface area contributed by atoms with Crippen molar-refractivity contribution in [2.24, 2.45) is 5.92 Å². The van der Waals surface area contributed by atoms with Crippen molar-refractivity contribution in [3.63, 3.8) is 0 Å². The van der Waals surface area contributed by atoms with Gasteiger partial charge in [-0.2, -0.15) is 5.10 Å². The molecule has 9 heteroatoms. The number of nitro groups is 1. The summed E-state index contributed by atoms with van der Waals surface area (Å²) in [5.41, 5.74) is 1.44. The number of halogens is 2. The first-order chi connectivity index (χ1) is 12.5. The van der Waals surface area contributed by atoms with Crippen LogP contribution in [-0.4, -0.2) is 19.3 Å². The standard InChI is InChI=1S/C17H14Cl2N4O3/c18-12-6-11(23(25)26)7-13(19)17(12)22-14-4-5-16(24)21(15(14)8-20-22)9-10-2-1-3-10/h4-8,10H,1-3,9H2. The zero-order valence-corrected chi connectivity index (χ0v) is 15.1. The normalized spacial score (nSPS) is 14.5. The van der Waals surface area contributed by atoms with Gasteiger partial charge in [0.25, 0.3) is 11.2 Å². The quantitative estimate of drug-likeness (QED) is 0.491. The summed E-state index contributed by atoms with van der Waals surface area (Å²) < 4.78 is 3.23. The van der Waals surface area contributed by atoms with Crippen molar-refractivity contribution < 1.29 is 4.92 Å². The Labute approximate surface area is 157 Å². The predicted molar refractivity (Wildman–Crippen MR) is 99.3 cm³/mol. The van der Waals surface area contributed by atoms with Crippen molar-refractivity contribution in [1.29, 1.82) is 0 Å². The van der Waals surface area contributed by atoms with Crippen LogP contribution in [0, 0.1) is 16.0 Å². The van der Waals surface area contributed by atoms with Crippen LogP contribution in [-0.2, 0) is 6.54 Å². The van der Waals surface area contributed by atoms with Crippen LogP contribution in [0.25, 0.3) is 16.7 Å². The van der Waals surface area contributed by atoms with E-state index in [0.717, 1.165) is 12.8 Å². The smallest absolute Gasteiger partial charge is 0.272 e. The summed E-state index contributed by atoms with van der Waals surface area (Å²) in [5.74, 6) is 0.508. The number of non-ortho nitro benzene ring substituents is 1. The fraction of sp³-hybridized carbons (Fsp3) is 0.294. The lowest BCUT2D eigenvalue weighted by molar-refractivity contribution is -0.384. The number of aromatic nitrogens is 3. The van der Waals surface area contributed by atoms with Crippen molar-refractivity contribution in [1.82, 2.24) is 14.3 Å². The van der Waals surface area contributed by atoms with Crippen LogP contribution in [0.4, 0.5) is 5.69 Å². The van der Waals surface area contributed by atoms with Crippen molar-refractivity contribution in [2.75, 3.05) is 0 Å². The van der Waals surface area contributed by atoms with E-state index in [1.807, 2.05) is 0 Å². The summed E-state index contributed by atoms with van der Waals surface area (Å²) in [6.07, 6.45) is 5.04. The van der Waals surface area contributed by atoms with E-state index in [-0.39, 0.29) is 21.3 Å². The molecule has 1 fully saturated rings. The third-order valence-electron chi connectivity index (χ3n) is 4.82. The minimum absolute atomic E-state index is 0.0788. The SMILES string of the molecule is O=c1ccc2c(cnn2-c2c(Cl)cc([N+](=O)[O-])cc2Cl)n1CC1CCC1. The number of benzene rings is 1. The molecule has 0 amide bonds. The third kappa shape index (κ3) is 2.77. The second-order valence-electron chi connectivity index (χ2n) is 6.42. The molecule has 0 spiro atoms. The van der Waals surface area contributed by atoms with Gasteiger partial charge in [0.05, 0.1) is 32.2 Å². The monoisotopic (exact) mass is 392 g/mol. The number of fused-ring (bicyclic) bond motifs is 1. The molecule has 1 saturated carbocycles. The summed E-state index contributed by atoms with van der Waals surface area (Å²) in [6.45, 7) is 0.656. The molecular weight excluding hydrogens is 379 g/mol. The summed E-state index contributed by atoms with van der Waals surface area (Å²) in [5, 5.41) is 15.5. The average molecular weight is 393 g/mol. The van der Waals surface area contributed by atoms with E-state index in [0.29, 0.717) is 29.2 Å². The van der Waals surface area contributed by atoms with E-state index in [4.69, 9.17) is 23.2 Å². The number of pyridine rings is 1. The average Bonchev–Trinajstić information content (AvgIpc) is 2.95. The molecule has 0 saturated heterocycles. The highest BCUT2D eigenvalue weighted by atomic mass is 35.5. The van der Waals surface area contributed by atoms with Crippen molar-refractivity contribution in [3.05, 3.63) is 61.0 Å². The van der Waals surface area contributed by atoms with Crippen LogP contribution < -0.4 is 5.56 Å². The lowest BCUT2D eigenvalue weighted by Gasteiger charge is -2.26. The number of hydrogen-bond donors (Lipinski definition) is 0. The minimum atomic E-state index is -0.557. The van der Waals surface area contributed by atoms with Crippen molar-refractivity contribution >= 4 is 39.9 Å². The first-order valence-electron chi connectivity index (χ1n) is 8.17. The number of rotatable bonds is 4. The topological polar surface area (TPSA) is 83.0 Å². The Kier molecular flexibility index (Phi) is 4.20. The minimum Gasteiger partial charge on any atom is -0.305 e. The molecule has 1 aliphatic carbocycles. The molecule has 0 bridgehead atoms. The van der Waals surface area contributed by atoms with Gasteiger partial charge in [-0.05, 0) is 24.8 Å². The van der Waals surface area contributed by atoms with Crippen molar-refractivity contribution in [3.8, 4) is 5.69 Å². The summed E-state index contributed by atoms with van der Waals surface area (Å²) >= 11 is 12.5. The van der Waals surface area contributed by atoms with Crippen LogP contribution in [0.5, 0.6) is 0 Å². The van der Waals surface area contributed by atoms with Crippen LogP contribution in [0.3, 0.4) is 0 Å². The summed E-state index contributed by atoms with van der Waals surface area (Å²) in [7, 11) is 0. The number of hydrogen-bond acceptors (Lipinski definition) is 4. The third-order valence-corrected chi connectivity index (χ3v) is 5.39. The highest BCUT2D eigenvalue weighted by molar-refractivity contribution is 6.38. The van der Waals surface area contributed by atoms with Crippen LogP contribution in [0.1, 0.15) is 19.3 Å². The zero-order valence-electron chi connectivity index (χ0n) is 13.6. The maximum atomic E-state index is 12.3. The predicted octanol–water partition coefficient (Wildman–Crippen LogP) is 4.20. The first-order valence-corrected chi connectivity index (χ1v) is 8.92. The molecule has 0 aliphatic heterocycles.